The Hall–Kier alpha value is -3.68. The molecule has 4 aromatic carbocycles. The van der Waals surface area contributed by atoms with Crippen LogP contribution in [-0.2, 0) is 10.5 Å². The molecule has 5 nitrogen and oxygen atoms in total. The van der Waals surface area contributed by atoms with Crippen molar-refractivity contribution in [3.63, 3.8) is 0 Å². The van der Waals surface area contributed by atoms with Gasteiger partial charge in [-0.1, -0.05) is 99.6 Å². The highest BCUT2D eigenvalue weighted by molar-refractivity contribution is 7.98. The van der Waals surface area contributed by atoms with Gasteiger partial charge in [0.15, 0.2) is 11.5 Å². The molecule has 0 fully saturated rings. The molecule has 40 heavy (non-hydrogen) atoms. The van der Waals surface area contributed by atoms with E-state index < -0.39 is 14.3 Å². The molecule has 0 aliphatic rings. The molecule has 0 spiro atoms. The Morgan fingerprint density at radius 1 is 0.750 bits per heavy atom. The molecular formula is C33H36O5SSi. The highest BCUT2D eigenvalue weighted by Crippen LogP contribution is 2.45. The summed E-state index contributed by atoms with van der Waals surface area (Å²) in [6, 6.07) is 32.4. The fraction of sp³-hybridized carbons (Fsp3) is 0.242. The van der Waals surface area contributed by atoms with Crippen LogP contribution in [0.25, 0.3) is 0 Å². The fourth-order valence-electron chi connectivity index (χ4n) is 5.07. The molecular weight excluding hydrogens is 537 g/mol. The summed E-state index contributed by atoms with van der Waals surface area (Å²) in [4.78, 5) is 14.6. The number of thioether (sulfide) groups is 1. The van der Waals surface area contributed by atoms with Crippen molar-refractivity contribution in [2.45, 2.75) is 36.5 Å². The molecule has 0 bridgehead atoms. The van der Waals surface area contributed by atoms with Gasteiger partial charge in [-0.05, 0) is 27.5 Å². The summed E-state index contributed by atoms with van der Waals surface area (Å²) in [5, 5.41) is 1.88. The first-order valence-corrected chi connectivity index (χ1v) is 16.0. The number of methoxy groups -OCH3 is 3. The number of esters is 1. The van der Waals surface area contributed by atoms with Gasteiger partial charge in [0.25, 0.3) is 0 Å². The standard InChI is InChI=1S/C33H36O5SSi/c1-33(2,3)40(25-18-12-8-13-19-25,26-20-14-9-15-21-26)38-28-22-29(35-4)31(36-5)27(30(28)32(34)37-6)23-39-24-16-10-7-11-17-24/h7-22H,23H2,1-6H3. The summed E-state index contributed by atoms with van der Waals surface area (Å²) in [5.41, 5.74) is 1.01. The molecule has 4 aromatic rings. The molecule has 4 rings (SSSR count). The van der Waals surface area contributed by atoms with Crippen molar-refractivity contribution >= 4 is 36.4 Å². The monoisotopic (exact) mass is 572 g/mol. The van der Waals surface area contributed by atoms with Gasteiger partial charge in [0.2, 0.25) is 0 Å². The van der Waals surface area contributed by atoms with Gasteiger partial charge < -0.3 is 18.6 Å². The molecule has 0 heterocycles. The molecule has 0 aliphatic carbocycles. The number of rotatable bonds is 10. The Morgan fingerprint density at radius 3 is 1.73 bits per heavy atom. The zero-order valence-corrected chi connectivity index (χ0v) is 25.7. The number of ether oxygens (including phenoxy) is 3. The maximum absolute atomic E-state index is 13.6. The SMILES string of the molecule is COC(=O)c1c(O[Si](c2ccccc2)(c2ccccc2)C(C)(C)C)cc(OC)c(OC)c1CSc1ccccc1. The molecule has 0 N–H and O–H groups in total. The van der Waals surface area contributed by atoms with Crippen molar-refractivity contribution < 1.29 is 23.4 Å². The minimum Gasteiger partial charge on any atom is -0.533 e. The number of carbonyl (C=O) groups is 1. The zero-order chi connectivity index (χ0) is 28.8. The third kappa shape index (κ3) is 5.76. The normalized spacial score (nSPS) is 11.6. The van der Waals surface area contributed by atoms with Crippen molar-refractivity contribution in [3.05, 3.63) is 108 Å². The van der Waals surface area contributed by atoms with E-state index >= 15 is 0 Å². The van der Waals surface area contributed by atoms with E-state index in [0.717, 1.165) is 15.3 Å². The first-order chi connectivity index (χ1) is 19.3. The van der Waals surface area contributed by atoms with Crippen molar-refractivity contribution in [3.8, 4) is 17.2 Å². The van der Waals surface area contributed by atoms with Crippen molar-refractivity contribution in [2.24, 2.45) is 0 Å². The molecule has 0 saturated carbocycles. The molecule has 0 radical (unpaired) electrons. The van der Waals surface area contributed by atoms with Gasteiger partial charge in [0.1, 0.15) is 11.3 Å². The van der Waals surface area contributed by atoms with Crippen LogP contribution in [0.3, 0.4) is 0 Å². The highest BCUT2D eigenvalue weighted by atomic mass is 32.2. The van der Waals surface area contributed by atoms with E-state index in [1.807, 2.05) is 66.7 Å². The fourth-order valence-corrected chi connectivity index (χ4v) is 10.4. The minimum absolute atomic E-state index is 0.310. The summed E-state index contributed by atoms with van der Waals surface area (Å²) in [5.74, 6) is 1.36. The summed E-state index contributed by atoms with van der Waals surface area (Å²) in [7, 11) is 1.50. The lowest BCUT2D eigenvalue weighted by Gasteiger charge is -2.43. The van der Waals surface area contributed by atoms with Gasteiger partial charge >= 0.3 is 14.3 Å². The van der Waals surface area contributed by atoms with Crippen LogP contribution in [0.1, 0.15) is 36.7 Å². The second-order valence-corrected chi connectivity index (χ2v) is 15.6. The Kier molecular flexibility index (Phi) is 9.27. The van der Waals surface area contributed by atoms with Crippen LogP contribution in [0.5, 0.6) is 17.2 Å². The average molecular weight is 573 g/mol. The Bertz CT molecular complexity index is 1380. The first-order valence-electron chi connectivity index (χ1n) is 13.1. The van der Waals surface area contributed by atoms with Crippen molar-refractivity contribution in [1.82, 2.24) is 0 Å². The molecule has 7 heteroatoms. The maximum atomic E-state index is 13.6. The Morgan fingerprint density at radius 2 is 1.27 bits per heavy atom. The summed E-state index contributed by atoms with van der Waals surface area (Å²) in [6.07, 6.45) is 0. The van der Waals surface area contributed by atoms with Gasteiger partial charge in [-0.25, -0.2) is 4.79 Å². The van der Waals surface area contributed by atoms with Crippen LogP contribution in [0.15, 0.2) is 102 Å². The number of hydrogen-bond acceptors (Lipinski definition) is 6. The molecule has 208 valence electrons. The second-order valence-electron chi connectivity index (χ2n) is 10.3. The van der Waals surface area contributed by atoms with E-state index in [2.05, 4.69) is 45.0 Å². The number of hydrogen-bond donors (Lipinski definition) is 0. The molecule has 0 saturated heterocycles. The number of carbonyl (C=O) groups excluding carboxylic acids is 1. The van der Waals surface area contributed by atoms with Crippen LogP contribution in [0, 0.1) is 0 Å². The molecule has 0 unspecified atom stereocenters. The van der Waals surface area contributed by atoms with Gasteiger partial charge in [-0.3, -0.25) is 0 Å². The lowest BCUT2D eigenvalue weighted by molar-refractivity contribution is 0.0597. The maximum Gasteiger partial charge on any atom is 0.342 e. The average Bonchev–Trinajstić information content (AvgIpc) is 2.98. The van der Waals surface area contributed by atoms with Gasteiger partial charge in [-0.15, -0.1) is 11.8 Å². The lowest BCUT2D eigenvalue weighted by Crippen LogP contribution is -2.69. The largest absolute Gasteiger partial charge is 0.533 e. The topological polar surface area (TPSA) is 54.0 Å². The second kappa shape index (κ2) is 12.7. The molecule has 0 aliphatic heterocycles. The molecule has 0 amide bonds. The van der Waals surface area contributed by atoms with Crippen LogP contribution in [0.2, 0.25) is 5.04 Å². The van der Waals surface area contributed by atoms with Crippen LogP contribution in [0.4, 0.5) is 0 Å². The summed E-state index contributed by atoms with van der Waals surface area (Å²) < 4.78 is 24.3. The third-order valence-electron chi connectivity index (χ3n) is 6.93. The van der Waals surface area contributed by atoms with E-state index in [1.54, 1.807) is 32.0 Å². The first kappa shape index (κ1) is 29.3. The minimum atomic E-state index is -3.06. The lowest BCUT2D eigenvalue weighted by atomic mass is 10.1. The van der Waals surface area contributed by atoms with Gasteiger partial charge in [0, 0.05) is 22.3 Å². The van der Waals surface area contributed by atoms with Crippen LogP contribution >= 0.6 is 11.8 Å². The van der Waals surface area contributed by atoms with E-state index in [4.69, 9.17) is 18.6 Å². The smallest absolute Gasteiger partial charge is 0.342 e. The third-order valence-corrected chi connectivity index (χ3v) is 12.9. The Labute approximate surface area is 242 Å². The quantitative estimate of drug-likeness (QED) is 0.119. The van der Waals surface area contributed by atoms with Crippen molar-refractivity contribution in [1.29, 1.82) is 0 Å². The van der Waals surface area contributed by atoms with Gasteiger partial charge in [-0.2, -0.15) is 0 Å². The van der Waals surface area contributed by atoms with E-state index in [1.165, 1.54) is 7.11 Å². The molecule has 0 aromatic heterocycles. The Balaban J connectivity index is 2.01. The highest BCUT2D eigenvalue weighted by Gasteiger charge is 2.52. The zero-order valence-electron chi connectivity index (χ0n) is 23.9. The van der Waals surface area contributed by atoms with E-state index in [9.17, 15) is 4.79 Å². The predicted molar refractivity (Wildman–Crippen MR) is 165 cm³/mol. The predicted octanol–water partition coefficient (Wildman–Crippen LogP) is 6.72. The summed E-state index contributed by atoms with van der Waals surface area (Å²) >= 11 is 1.60. The number of benzene rings is 4. The van der Waals surface area contributed by atoms with E-state index in [-0.39, 0.29) is 5.04 Å². The van der Waals surface area contributed by atoms with Crippen molar-refractivity contribution in [2.75, 3.05) is 21.3 Å². The van der Waals surface area contributed by atoms with E-state index in [0.29, 0.717) is 34.1 Å². The van der Waals surface area contributed by atoms with Crippen LogP contribution in [-0.4, -0.2) is 35.6 Å². The molecule has 0 atom stereocenters. The van der Waals surface area contributed by atoms with Gasteiger partial charge in [0.05, 0.1) is 21.3 Å². The summed E-state index contributed by atoms with van der Waals surface area (Å²) in [6.45, 7) is 6.60. The van der Waals surface area contributed by atoms with Crippen LogP contribution < -0.4 is 24.3 Å².